The number of ether oxygens (including phenoxy) is 1. The highest BCUT2D eigenvalue weighted by Crippen LogP contribution is 2.11. The first kappa shape index (κ1) is 17.3. The highest BCUT2D eigenvalue weighted by molar-refractivity contribution is 7.86. The highest BCUT2D eigenvalue weighted by Gasteiger charge is 2.30. The molecule has 0 spiro atoms. The maximum atomic E-state index is 10.6. The van der Waals surface area contributed by atoms with E-state index >= 15 is 0 Å². The van der Waals surface area contributed by atoms with Crippen molar-refractivity contribution in [2.45, 2.75) is 33.3 Å². The van der Waals surface area contributed by atoms with Crippen molar-refractivity contribution >= 4 is 16.1 Å². The third kappa shape index (κ3) is 7.62. The molecule has 6 nitrogen and oxygen atoms in total. The van der Waals surface area contributed by atoms with Crippen LogP contribution in [0.1, 0.15) is 27.2 Å². The molecular formula is C11H23NO5S. The lowest BCUT2D eigenvalue weighted by Gasteiger charge is -2.13. The van der Waals surface area contributed by atoms with Crippen molar-refractivity contribution in [3.05, 3.63) is 0 Å². The molecule has 1 fully saturated rings. The van der Waals surface area contributed by atoms with Gasteiger partial charge >= 0.3 is 5.97 Å². The Hall–Kier alpha value is -0.660. The number of esters is 1. The summed E-state index contributed by atoms with van der Waals surface area (Å²) in [7, 11) is -3.54. The summed E-state index contributed by atoms with van der Waals surface area (Å²) >= 11 is 0. The first-order valence-electron chi connectivity index (χ1n) is 6.11. The third-order valence-electron chi connectivity index (χ3n) is 2.52. The topological polar surface area (TPSA) is 72.9 Å². The monoisotopic (exact) mass is 281 g/mol. The van der Waals surface area contributed by atoms with E-state index in [9.17, 15) is 13.2 Å². The molecule has 0 aromatic carbocycles. The van der Waals surface area contributed by atoms with E-state index in [0.29, 0.717) is 6.42 Å². The number of carbonyl (C=O) groups excluding carboxylic acids is 1. The van der Waals surface area contributed by atoms with E-state index < -0.39 is 22.2 Å². The van der Waals surface area contributed by atoms with Crippen LogP contribution in [0.25, 0.3) is 0 Å². The maximum Gasteiger partial charge on any atom is 0.336 e. The van der Waals surface area contributed by atoms with E-state index in [0.717, 1.165) is 6.26 Å². The zero-order valence-electron chi connectivity index (χ0n) is 11.5. The number of hydrogen-bond donors (Lipinski definition) is 0. The van der Waals surface area contributed by atoms with Gasteiger partial charge in [-0.3, -0.25) is 4.18 Å². The van der Waals surface area contributed by atoms with Gasteiger partial charge in [0.15, 0.2) is 6.10 Å². The van der Waals surface area contributed by atoms with Gasteiger partial charge in [0.25, 0.3) is 10.1 Å². The van der Waals surface area contributed by atoms with Crippen LogP contribution in [0.15, 0.2) is 0 Å². The molecule has 1 aliphatic rings. The van der Waals surface area contributed by atoms with E-state index in [-0.39, 0.29) is 6.61 Å². The van der Waals surface area contributed by atoms with Crippen LogP contribution in [0, 0.1) is 0 Å². The molecule has 0 aliphatic carbocycles. The van der Waals surface area contributed by atoms with Gasteiger partial charge in [0.2, 0.25) is 0 Å². The summed E-state index contributed by atoms with van der Waals surface area (Å²) in [5.41, 5.74) is 0. The van der Waals surface area contributed by atoms with Crippen LogP contribution >= 0.6 is 0 Å². The minimum Gasteiger partial charge on any atom is -0.464 e. The molecule has 108 valence electrons. The van der Waals surface area contributed by atoms with Gasteiger partial charge in [-0.2, -0.15) is 8.42 Å². The highest BCUT2D eigenvalue weighted by atomic mass is 32.2. The second-order valence-corrected chi connectivity index (χ2v) is 5.47. The molecule has 0 aromatic rings. The van der Waals surface area contributed by atoms with Crippen molar-refractivity contribution in [1.29, 1.82) is 0 Å². The minimum absolute atomic E-state index is 0.235. The first-order chi connectivity index (χ1) is 8.34. The number of carbonyl (C=O) groups is 1. The van der Waals surface area contributed by atoms with Gasteiger partial charge in [0, 0.05) is 6.42 Å². The molecule has 1 saturated heterocycles. The predicted molar refractivity (Wildman–Crippen MR) is 68.8 cm³/mol. The summed E-state index contributed by atoms with van der Waals surface area (Å²) in [6.07, 6.45) is 0.287. The molecule has 0 radical (unpaired) electrons. The molecule has 0 N–H and O–H groups in total. The van der Waals surface area contributed by atoms with Crippen LogP contribution in [0.5, 0.6) is 0 Å². The van der Waals surface area contributed by atoms with E-state index in [4.69, 9.17) is 0 Å². The standard InChI is InChI=1S/C6H15N.C5H8O5S/c1-4-7(5-2)6-3;1-11(7,8)10-4-2-3-9-5(4)6/h4-6H2,1-3H3;4H,2-3H2,1H3/t;4-/m.1/s1. The maximum absolute atomic E-state index is 10.6. The Morgan fingerprint density at radius 3 is 2.00 bits per heavy atom. The average Bonchev–Trinajstić information content (AvgIpc) is 2.65. The Bertz CT molecular complexity index is 332. The smallest absolute Gasteiger partial charge is 0.336 e. The zero-order chi connectivity index (χ0) is 14.2. The first-order valence-corrected chi connectivity index (χ1v) is 7.92. The van der Waals surface area contributed by atoms with E-state index in [1.165, 1.54) is 19.6 Å². The van der Waals surface area contributed by atoms with Crippen LogP contribution < -0.4 is 0 Å². The minimum atomic E-state index is -3.54. The molecule has 0 aromatic heterocycles. The molecule has 1 heterocycles. The van der Waals surface area contributed by atoms with Crippen LogP contribution in [0.3, 0.4) is 0 Å². The summed E-state index contributed by atoms with van der Waals surface area (Å²) in [5.74, 6) is -0.601. The summed E-state index contributed by atoms with van der Waals surface area (Å²) in [6, 6.07) is 0. The van der Waals surface area contributed by atoms with Gasteiger partial charge < -0.3 is 9.64 Å². The van der Waals surface area contributed by atoms with Gasteiger partial charge in [-0.15, -0.1) is 0 Å². The Morgan fingerprint density at radius 2 is 1.78 bits per heavy atom. The Morgan fingerprint density at radius 1 is 1.28 bits per heavy atom. The number of cyclic esters (lactones) is 1. The van der Waals surface area contributed by atoms with Crippen LogP contribution in [0.2, 0.25) is 0 Å². The zero-order valence-corrected chi connectivity index (χ0v) is 12.3. The quantitative estimate of drug-likeness (QED) is 0.543. The lowest BCUT2D eigenvalue weighted by molar-refractivity contribution is -0.143. The second kappa shape index (κ2) is 8.44. The predicted octanol–water partition coefficient (Wildman–Crippen LogP) is 0.626. The van der Waals surface area contributed by atoms with Crippen LogP contribution in [0.4, 0.5) is 0 Å². The lowest BCUT2D eigenvalue weighted by atomic mass is 10.3. The Balaban J connectivity index is 0.000000360. The molecule has 0 unspecified atom stereocenters. The number of nitrogens with zero attached hydrogens (tertiary/aromatic N) is 1. The molecule has 0 bridgehead atoms. The normalized spacial score (nSPS) is 19.4. The molecule has 1 aliphatic heterocycles. The second-order valence-electron chi connectivity index (χ2n) is 3.86. The molecule has 0 saturated carbocycles. The molecular weight excluding hydrogens is 258 g/mol. The fourth-order valence-electron chi connectivity index (χ4n) is 1.45. The largest absolute Gasteiger partial charge is 0.464 e. The van der Waals surface area contributed by atoms with Gasteiger partial charge in [-0.25, -0.2) is 4.79 Å². The third-order valence-corrected chi connectivity index (χ3v) is 3.10. The summed E-state index contributed by atoms with van der Waals surface area (Å²) in [4.78, 5) is 13.0. The van der Waals surface area contributed by atoms with Gasteiger partial charge in [0.1, 0.15) is 0 Å². The molecule has 18 heavy (non-hydrogen) atoms. The van der Waals surface area contributed by atoms with Crippen molar-refractivity contribution < 1.29 is 22.1 Å². The van der Waals surface area contributed by atoms with Gasteiger partial charge in [-0.1, -0.05) is 20.8 Å². The average molecular weight is 281 g/mol. The summed E-state index contributed by atoms with van der Waals surface area (Å²) in [5, 5.41) is 0. The van der Waals surface area contributed by atoms with E-state index in [1.807, 2.05) is 0 Å². The fraction of sp³-hybridized carbons (Fsp3) is 0.909. The Labute approximate surface area is 109 Å². The van der Waals surface area contributed by atoms with Gasteiger partial charge in [-0.05, 0) is 19.6 Å². The number of rotatable bonds is 5. The van der Waals surface area contributed by atoms with Crippen molar-refractivity contribution in [3.63, 3.8) is 0 Å². The van der Waals surface area contributed by atoms with E-state index in [2.05, 4.69) is 34.6 Å². The van der Waals surface area contributed by atoms with Crippen molar-refractivity contribution in [2.75, 3.05) is 32.5 Å². The van der Waals surface area contributed by atoms with Crippen molar-refractivity contribution in [2.24, 2.45) is 0 Å². The number of hydrogen-bond acceptors (Lipinski definition) is 6. The lowest BCUT2D eigenvalue weighted by Crippen LogP contribution is -2.21. The fourth-order valence-corrected chi connectivity index (χ4v) is 2.04. The van der Waals surface area contributed by atoms with Crippen molar-refractivity contribution in [3.8, 4) is 0 Å². The van der Waals surface area contributed by atoms with Gasteiger partial charge in [0.05, 0.1) is 12.9 Å². The Kier molecular flexibility index (Phi) is 8.13. The van der Waals surface area contributed by atoms with Crippen LogP contribution in [-0.4, -0.2) is 57.9 Å². The summed E-state index contributed by atoms with van der Waals surface area (Å²) < 4.78 is 29.9. The molecule has 1 atom stereocenters. The SMILES string of the molecule is CCN(CC)CC.CS(=O)(=O)O[C@@H]1CCOC1=O. The van der Waals surface area contributed by atoms with Crippen molar-refractivity contribution in [1.82, 2.24) is 4.90 Å². The molecule has 1 rings (SSSR count). The van der Waals surface area contributed by atoms with E-state index in [1.54, 1.807) is 0 Å². The molecule has 7 heteroatoms. The molecule has 0 amide bonds. The van der Waals surface area contributed by atoms with Crippen LogP contribution in [-0.2, 0) is 23.8 Å². The summed E-state index contributed by atoms with van der Waals surface area (Å²) in [6.45, 7) is 10.4.